The highest BCUT2D eigenvalue weighted by atomic mass is 19.1. The molecule has 15 heavy (non-hydrogen) atoms. The van der Waals surface area contributed by atoms with Crippen molar-refractivity contribution in [3.63, 3.8) is 0 Å². The summed E-state index contributed by atoms with van der Waals surface area (Å²) in [6.07, 6.45) is -4.96. The molecule has 0 aromatic rings. The third-order valence-corrected chi connectivity index (χ3v) is 2.48. The van der Waals surface area contributed by atoms with Gasteiger partial charge in [0.2, 0.25) is 6.36 Å². The fourth-order valence-corrected chi connectivity index (χ4v) is 1.60. The quantitative estimate of drug-likeness (QED) is 0.622. The SMILES string of the molecule is CC(=O)OC1[C@@H](C)[C@H](O)C(CO)O[C@@H]1F. The average molecular weight is 222 g/mol. The van der Waals surface area contributed by atoms with Crippen molar-refractivity contribution in [2.75, 3.05) is 6.61 Å². The van der Waals surface area contributed by atoms with E-state index in [1.54, 1.807) is 0 Å². The van der Waals surface area contributed by atoms with Gasteiger partial charge in [0.05, 0.1) is 12.7 Å². The first-order valence-corrected chi connectivity index (χ1v) is 4.73. The summed E-state index contributed by atoms with van der Waals surface area (Å²) in [5, 5.41) is 18.4. The Hall–Kier alpha value is -0.720. The van der Waals surface area contributed by atoms with Crippen LogP contribution in [0.3, 0.4) is 0 Å². The molecule has 1 fully saturated rings. The molecule has 0 spiro atoms. The Bertz CT molecular complexity index is 235. The van der Waals surface area contributed by atoms with E-state index in [2.05, 4.69) is 4.74 Å². The van der Waals surface area contributed by atoms with Crippen LogP contribution < -0.4 is 0 Å². The second kappa shape index (κ2) is 4.87. The van der Waals surface area contributed by atoms with Gasteiger partial charge >= 0.3 is 5.97 Å². The standard InChI is InChI=1S/C9H15FO5/c1-4-7(13)6(3-11)15-9(10)8(4)14-5(2)12/h4,6-9,11,13H,3H2,1-2H3/t4-,6?,7-,8?,9-/m0/s1. The minimum absolute atomic E-state index is 0.473. The minimum atomic E-state index is -1.82. The summed E-state index contributed by atoms with van der Waals surface area (Å²) in [5.41, 5.74) is 0. The lowest BCUT2D eigenvalue weighted by Crippen LogP contribution is -2.54. The number of hydrogen-bond acceptors (Lipinski definition) is 5. The molecule has 2 unspecified atom stereocenters. The molecule has 1 aliphatic heterocycles. The van der Waals surface area contributed by atoms with Crippen LogP contribution in [0.1, 0.15) is 13.8 Å². The second-order valence-electron chi connectivity index (χ2n) is 3.63. The highest BCUT2D eigenvalue weighted by Crippen LogP contribution is 2.28. The first kappa shape index (κ1) is 12.4. The molecule has 5 atom stereocenters. The lowest BCUT2D eigenvalue weighted by molar-refractivity contribution is -0.251. The number of carbonyl (C=O) groups excluding carboxylic acids is 1. The van der Waals surface area contributed by atoms with E-state index in [1.165, 1.54) is 6.92 Å². The first-order chi connectivity index (χ1) is 6.97. The molecule has 0 amide bonds. The van der Waals surface area contributed by atoms with E-state index in [0.29, 0.717) is 0 Å². The second-order valence-corrected chi connectivity index (χ2v) is 3.63. The Labute approximate surface area is 86.8 Å². The smallest absolute Gasteiger partial charge is 0.303 e. The lowest BCUT2D eigenvalue weighted by atomic mass is 9.91. The van der Waals surface area contributed by atoms with Crippen molar-refractivity contribution >= 4 is 5.97 Å². The van der Waals surface area contributed by atoms with Gasteiger partial charge in [0.25, 0.3) is 0 Å². The van der Waals surface area contributed by atoms with Crippen molar-refractivity contribution in [1.82, 2.24) is 0 Å². The van der Waals surface area contributed by atoms with Crippen molar-refractivity contribution in [2.45, 2.75) is 38.5 Å². The van der Waals surface area contributed by atoms with Crippen molar-refractivity contribution in [3.8, 4) is 0 Å². The van der Waals surface area contributed by atoms with Crippen LogP contribution in [-0.2, 0) is 14.3 Å². The van der Waals surface area contributed by atoms with Gasteiger partial charge in [-0.3, -0.25) is 4.79 Å². The third kappa shape index (κ3) is 2.64. The monoisotopic (exact) mass is 222 g/mol. The molecule has 88 valence electrons. The summed E-state index contributed by atoms with van der Waals surface area (Å²) in [6, 6.07) is 0. The summed E-state index contributed by atoms with van der Waals surface area (Å²) in [7, 11) is 0. The highest BCUT2D eigenvalue weighted by molar-refractivity contribution is 5.66. The Morgan fingerprint density at radius 2 is 2.20 bits per heavy atom. The molecule has 1 aliphatic rings. The molecule has 6 heteroatoms. The zero-order valence-electron chi connectivity index (χ0n) is 8.59. The highest BCUT2D eigenvalue weighted by Gasteiger charge is 2.44. The van der Waals surface area contributed by atoms with E-state index in [4.69, 9.17) is 9.84 Å². The maximum Gasteiger partial charge on any atom is 0.303 e. The van der Waals surface area contributed by atoms with Crippen LogP contribution in [-0.4, -0.2) is 47.5 Å². The molecule has 0 saturated carbocycles. The molecule has 1 rings (SSSR count). The zero-order chi connectivity index (χ0) is 11.6. The van der Waals surface area contributed by atoms with Crippen molar-refractivity contribution in [2.24, 2.45) is 5.92 Å². The van der Waals surface area contributed by atoms with Gasteiger partial charge in [0, 0.05) is 12.8 Å². The number of alkyl halides is 1. The van der Waals surface area contributed by atoms with E-state index in [1.807, 2.05) is 0 Å². The Morgan fingerprint density at radius 3 is 2.67 bits per heavy atom. The zero-order valence-corrected chi connectivity index (χ0v) is 8.59. The predicted molar refractivity (Wildman–Crippen MR) is 47.6 cm³/mol. The molecule has 2 N–H and O–H groups in total. The van der Waals surface area contributed by atoms with Gasteiger partial charge in [0.15, 0.2) is 6.10 Å². The van der Waals surface area contributed by atoms with E-state index in [-0.39, 0.29) is 0 Å². The molecule has 0 bridgehead atoms. The van der Waals surface area contributed by atoms with Gasteiger partial charge in [0.1, 0.15) is 6.10 Å². The molecule has 0 aliphatic carbocycles. The Balaban J connectivity index is 2.70. The molecular weight excluding hydrogens is 207 g/mol. The van der Waals surface area contributed by atoms with E-state index < -0.39 is 43.2 Å². The maximum atomic E-state index is 13.3. The molecule has 0 aromatic carbocycles. The van der Waals surface area contributed by atoms with Gasteiger partial charge in [-0.1, -0.05) is 6.92 Å². The molecule has 0 radical (unpaired) electrons. The Morgan fingerprint density at radius 1 is 1.60 bits per heavy atom. The molecule has 5 nitrogen and oxygen atoms in total. The van der Waals surface area contributed by atoms with Crippen LogP contribution in [0, 0.1) is 5.92 Å². The minimum Gasteiger partial charge on any atom is -0.456 e. The van der Waals surface area contributed by atoms with Crippen molar-refractivity contribution in [1.29, 1.82) is 0 Å². The van der Waals surface area contributed by atoms with Gasteiger partial charge < -0.3 is 19.7 Å². The molecule has 1 saturated heterocycles. The van der Waals surface area contributed by atoms with Crippen LogP contribution in [0.25, 0.3) is 0 Å². The van der Waals surface area contributed by atoms with Crippen LogP contribution in [0.2, 0.25) is 0 Å². The van der Waals surface area contributed by atoms with Gasteiger partial charge in [-0.15, -0.1) is 0 Å². The van der Waals surface area contributed by atoms with E-state index in [9.17, 15) is 14.3 Å². The fourth-order valence-electron chi connectivity index (χ4n) is 1.60. The predicted octanol–water partition coefficient (Wildman–Crippen LogP) is -0.398. The van der Waals surface area contributed by atoms with Crippen LogP contribution >= 0.6 is 0 Å². The number of hydrogen-bond donors (Lipinski definition) is 2. The number of carbonyl (C=O) groups is 1. The number of halogens is 1. The van der Waals surface area contributed by atoms with Crippen molar-refractivity contribution < 1.29 is 28.9 Å². The van der Waals surface area contributed by atoms with E-state index in [0.717, 1.165) is 6.92 Å². The number of esters is 1. The molecular formula is C9H15FO5. The van der Waals surface area contributed by atoms with Gasteiger partial charge in [-0.2, -0.15) is 0 Å². The molecule has 0 aromatic heterocycles. The van der Waals surface area contributed by atoms with Gasteiger partial charge in [-0.25, -0.2) is 4.39 Å². The average Bonchev–Trinajstić information content (AvgIpc) is 2.18. The normalized spacial score (nSPS) is 41.3. The summed E-state index contributed by atoms with van der Waals surface area (Å²) in [5.74, 6) is -1.25. The van der Waals surface area contributed by atoms with Gasteiger partial charge in [-0.05, 0) is 0 Å². The summed E-state index contributed by atoms with van der Waals surface area (Å²) in [6.45, 7) is 2.22. The third-order valence-electron chi connectivity index (χ3n) is 2.48. The lowest BCUT2D eigenvalue weighted by Gasteiger charge is -2.39. The summed E-state index contributed by atoms with van der Waals surface area (Å²) < 4.78 is 22.7. The summed E-state index contributed by atoms with van der Waals surface area (Å²) in [4.78, 5) is 10.7. The number of aliphatic hydroxyl groups excluding tert-OH is 2. The number of ether oxygens (including phenoxy) is 2. The topological polar surface area (TPSA) is 76.0 Å². The first-order valence-electron chi connectivity index (χ1n) is 4.73. The molecule has 1 heterocycles. The number of rotatable bonds is 2. The van der Waals surface area contributed by atoms with E-state index >= 15 is 0 Å². The Kier molecular flexibility index (Phi) is 4.01. The van der Waals surface area contributed by atoms with Crippen molar-refractivity contribution in [3.05, 3.63) is 0 Å². The fraction of sp³-hybridized carbons (Fsp3) is 0.889. The summed E-state index contributed by atoms with van der Waals surface area (Å²) >= 11 is 0. The van der Waals surface area contributed by atoms with Crippen LogP contribution in [0.4, 0.5) is 4.39 Å². The number of aliphatic hydroxyl groups is 2. The largest absolute Gasteiger partial charge is 0.456 e. The van der Waals surface area contributed by atoms with Crippen LogP contribution in [0.5, 0.6) is 0 Å². The van der Waals surface area contributed by atoms with Crippen LogP contribution in [0.15, 0.2) is 0 Å². The maximum absolute atomic E-state index is 13.3.